The van der Waals surface area contributed by atoms with Crippen LogP contribution >= 0.6 is 0 Å². The Bertz CT molecular complexity index is 974. The normalized spacial score (nSPS) is 14.7. The van der Waals surface area contributed by atoms with Crippen LogP contribution < -0.4 is 0 Å². The van der Waals surface area contributed by atoms with E-state index in [0.29, 0.717) is 18.1 Å². The van der Waals surface area contributed by atoms with Crippen molar-refractivity contribution >= 4 is 5.97 Å². The van der Waals surface area contributed by atoms with Crippen LogP contribution in [0, 0.1) is 5.82 Å². The third kappa shape index (κ3) is 4.06. The molecule has 0 unspecified atom stereocenters. The number of aromatic nitrogens is 3. The average Bonchev–Trinajstić information content (AvgIpc) is 3.20. The number of carbonyl (C=O) groups is 1. The second-order valence-corrected chi connectivity index (χ2v) is 7.34. The zero-order chi connectivity index (χ0) is 20.2. The number of carbonyl (C=O) groups excluding carboxylic acids is 1. The van der Waals surface area contributed by atoms with E-state index in [1.807, 2.05) is 12.1 Å². The van der Waals surface area contributed by atoms with Crippen LogP contribution in [-0.2, 0) is 4.74 Å². The van der Waals surface area contributed by atoms with Gasteiger partial charge in [-0.15, -0.1) is 5.10 Å². The van der Waals surface area contributed by atoms with Gasteiger partial charge in [-0.3, -0.25) is 0 Å². The van der Waals surface area contributed by atoms with Gasteiger partial charge in [0, 0.05) is 11.5 Å². The quantitative estimate of drug-likeness (QED) is 0.552. The summed E-state index contributed by atoms with van der Waals surface area (Å²) in [7, 11) is 0. The molecular weight excluding hydrogens is 369 g/mol. The SMILES string of the molecule is CCOC(=O)c1ccc(-c2c(C3CCCCC3)nnn2-c2ccc(F)cc2)cc1. The van der Waals surface area contributed by atoms with Crippen LogP contribution in [0.2, 0.25) is 0 Å². The lowest BCUT2D eigenvalue weighted by Gasteiger charge is -2.21. The zero-order valence-corrected chi connectivity index (χ0v) is 16.5. The van der Waals surface area contributed by atoms with Crippen molar-refractivity contribution in [1.29, 1.82) is 0 Å². The summed E-state index contributed by atoms with van der Waals surface area (Å²) in [5.41, 5.74) is 4.06. The maximum absolute atomic E-state index is 13.4. The molecule has 1 fully saturated rings. The van der Waals surface area contributed by atoms with E-state index >= 15 is 0 Å². The van der Waals surface area contributed by atoms with E-state index in [9.17, 15) is 9.18 Å². The summed E-state index contributed by atoms with van der Waals surface area (Å²) < 4.78 is 20.3. The van der Waals surface area contributed by atoms with E-state index in [1.54, 1.807) is 35.9 Å². The molecule has 2 aromatic carbocycles. The molecule has 0 bridgehead atoms. The Balaban J connectivity index is 1.77. The Morgan fingerprint density at radius 3 is 2.41 bits per heavy atom. The Hall–Kier alpha value is -3.02. The molecule has 1 saturated carbocycles. The van der Waals surface area contributed by atoms with Gasteiger partial charge in [0.2, 0.25) is 0 Å². The monoisotopic (exact) mass is 393 g/mol. The fraction of sp³-hybridized carbons (Fsp3) is 0.348. The van der Waals surface area contributed by atoms with E-state index in [0.717, 1.165) is 35.5 Å². The topological polar surface area (TPSA) is 57.0 Å². The van der Waals surface area contributed by atoms with E-state index in [2.05, 4.69) is 10.3 Å². The minimum atomic E-state index is -0.336. The number of esters is 1. The first kappa shape index (κ1) is 19.3. The molecule has 1 aliphatic rings. The van der Waals surface area contributed by atoms with E-state index in [-0.39, 0.29) is 11.8 Å². The summed E-state index contributed by atoms with van der Waals surface area (Å²) in [6, 6.07) is 13.6. The molecule has 1 heterocycles. The van der Waals surface area contributed by atoms with Crippen LogP contribution in [-0.4, -0.2) is 27.6 Å². The van der Waals surface area contributed by atoms with Gasteiger partial charge in [0.1, 0.15) is 5.82 Å². The lowest BCUT2D eigenvalue weighted by Crippen LogP contribution is -2.08. The number of rotatable bonds is 5. The van der Waals surface area contributed by atoms with Crippen LogP contribution in [0.3, 0.4) is 0 Å². The molecular formula is C23H24FN3O2. The summed E-state index contributed by atoms with van der Waals surface area (Å²) in [4.78, 5) is 12.0. The Kier molecular flexibility index (Phi) is 5.69. The lowest BCUT2D eigenvalue weighted by molar-refractivity contribution is 0.0526. The first-order chi connectivity index (χ1) is 14.2. The molecule has 1 aromatic heterocycles. The van der Waals surface area contributed by atoms with Crippen molar-refractivity contribution in [3.05, 3.63) is 65.6 Å². The highest BCUT2D eigenvalue weighted by atomic mass is 19.1. The summed E-state index contributed by atoms with van der Waals surface area (Å²) in [5.74, 6) is -0.267. The van der Waals surface area contributed by atoms with Crippen molar-refractivity contribution in [3.63, 3.8) is 0 Å². The molecule has 0 amide bonds. The number of hydrogen-bond acceptors (Lipinski definition) is 4. The summed E-state index contributed by atoms with van der Waals surface area (Å²) >= 11 is 0. The highest BCUT2D eigenvalue weighted by molar-refractivity contribution is 5.90. The predicted octanol–water partition coefficient (Wildman–Crippen LogP) is 5.30. The molecule has 4 rings (SSSR count). The molecule has 5 nitrogen and oxygen atoms in total. The molecule has 150 valence electrons. The van der Waals surface area contributed by atoms with Crippen LogP contribution in [0.1, 0.15) is 61.0 Å². The van der Waals surface area contributed by atoms with Crippen LogP contribution in [0.4, 0.5) is 4.39 Å². The van der Waals surface area contributed by atoms with Crippen LogP contribution in [0.5, 0.6) is 0 Å². The van der Waals surface area contributed by atoms with Crippen LogP contribution in [0.25, 0.3) is 16.9 Å². The lowest BCUT2D eigenvalue weighted by atomic mass is 9.85. The predicted molar refractivity (Wildman–Crippen MR) is 109 cm³/mol. The Labute approximate surface area is 169 Å². The smallest absolute Gasteiger partial charge is 0.338 e. The molecule has 0 N–H and O–H groups in total. The van der Waals surface area contributed by atoms with Crippen molar-refractivity contribution in [2.75, 3.05) is 6.61 Å². The molecule has 0 atom stereocenters. The largest absolute Gasteiger partial charge is 0.462 e. The molecule has 1 aliphatic carbocycles. The number of ether oxygens (including phenoxy) is 1. The van der Waals surface area contributed by atoms with E-state index < -0.39 is 0 Å². The molecule has 0 aliphatic heterocycles. The maximum Gasteiger partial charge on any atom is 0.338 e. The molecule has 0 saturated heterocycles. The molecule has 29 heavy (non-hydrogen) atoms. The van der Waals surface area contributed by atoms with Gasteiger partial charge in [-0.05, 0) is 56.2 Å². The number of benzene rings is 2. The summed E-state index contributed by atoms with van der Waals surface area (Å²) in [5, 5.41) is 8.94. The summed E-state index contributed by atoms with van der Waals surface area (Å²) in [6.45, 7) is 2.13. The fourth-order valence-corrected chi connectivity index (χ4v) is 3.96. The zero-order valence-electron chi connectivity index (χ0n) is 16.5. The number of nitrogens with zero attached hydrogens (tertiary/aromatic N) is 3. The van der Waals surface area contributed by atoms with Gasteiger partial charge in [-0.2, -0.15) is 0 Å². The van der Waals surface area contributed by atoms with Crippen molar-refractivity contribution in [2.24, 2.45) is 0 Å². The van der Waals surface area contributed by atoms with Gasteiger partial charge in [0.05, 0.1) is 29.2 Å². The standard InChI is InChI=1S/C23H24FN3O2/c1-2-29-23(28)18-10-8-17(9-11-18)22-21(16-6-4-3-5-7-16)25-26-27(22)20-14-12-19(24)13-15-20/h8-16H,2-7H2,1H3. The fourth-order valence-electron chi connectivity index (χ4n) is 3.96. The molecule has 0 spiro atoms. The molecule has 3 aromatic rings. The summed E-state index contributed by atoms with van der Waals surface area (Å²) in [6.07, 6.45) is 5.82. The minimum absolute atomic E-state index is 0.290. The molecule has 6 heteroatoms. The van der Waals surface area contributed by atoms with Gasteiger partial charge >= 0.3 is 5.97 Å². The van der Waals surface area contributed by atoms with Crippen LogP contribution in [0.15, 0.2) is 48.5 Å². The second-order valence-electron chi connectivity index (χ2n) is 7.34. The van der Waals surface area contributed by atoms with E-state index in [4.69, 9.17) is 4.74 Å². The highest BCUT2D eigenvalue weighted by Gasteiger charge is 2.25. The van der Waals surface area contributed by atoms with Crippen molar-refractivity contribution in [1.82, 2.24) is 15.0 Å². The van der Waals surface area contributed by atoms with Gasteiger partial charge in [0.25, 0.3) is 0 Å². The number of hydrogen-bond donors (Lipinski definition) is 0. The average molecular weight is 393 g/mol. The first-order valence-corrected chi connectivity index (χ1v) is 10.2. The maximum atomic E-state index is 13.4. The van der Waals surface area contributed by atoms with Gasteiger partial charge in [0.15, 0.2) is 0 Å². The second kappa shape index (κ2) is 8.55. The van der Waals surface area contributed by atoms with Gasteiger partial charge < -0.3 is 4.74 Å². The third-order valence-corrected chi connectivity index (χ3v) is 5.43. The van der Waals surface area contributed by atoms with Gasteiger partial charge in [-0.25, -0.2) is 13.9 Å². The van der Waals surface area contributed by atoms with Crippen molar-refractivity contribution < 1.29 is 13.9 Å². The van der Waals surface area contributed by atoms with E-state index in [1.165, 1.54) is 31.4 Å². The number of halogens is 1. The minimum Gasteiger partial charge on any atom is -0.462 e. The third-order valence-electron chi connectivity index (χ3n) is 5.43. The Morgan fingerprint density at radius 1 is 1.07 bits per heavy atom. The highest BCUT2D eigenvalue weighted by Crippen LogP contribution is 2.37. The van der Waals surface area contributed by atoms with Gasteiger partial charge in [-0.1, -0.05) is 36.6 Å². The van der Waals surface area contributed by atoms with Crippen molar-refractivity contribution in [2.45, 2.75) is 44.9 Å². The molecule has 0 radical (unpaired) electrons. The van der Waals surface area contributed by atoms with Crippen molar-refractivity contribution in [3.8, 4) is 16.9 Å². The first-order valence-electron chi connectivity index (χ1n) is 10.2. The Morgan fingerprint density at radius 2 is 1.76 bits per heavy atom.